The van der Waals surface area contributed by atoms with Crippen molar-refractivity contribution in [2.24, 2.45) is 0 Å². The van der Waals surface area contributed by atoms with E-state index in [1.165, 1.54) is 0 Å². The minimum absolute atomic E-state index is 0.603. The molecule has 1 aromatic rings. The molecule has 1 rings (SSSR count). The van der Waals surface area contributed by atoms with Crippen LogP contribution in [0, 0.1) is 11.8 Å². The summed E-state index contributed by atoms with van der Waals surface area (Å²) in [6, 6.07) is 5.17. The lowest BCUT2D eigenvalue weighted by Crippen LogP contribution is -1.90. The predicted octanol–water partition coefficient (Wildman–Crippen LogP) is 2.18. The predicted molar refractivity (Wildman–Crippen MR) is 63.7 cm³/mol. The number of aldehydes is 1. The van der Waals surface area contributed by atoms with Gasteiger partial charge >= 0.3 is 0 Å². The second-order valence-electron chi connectivity index (χ2n) is 2.85. The number of rotatable bonds is 3. The summed E-state index contributed by atoms with van der Waals surface area (Å²) < 4.78 is 5.14. The van der Waals surface area contributed by atoms with Gasteiger partial charge in [-0.05, 0) is 18.2 Å². The van der Waals surface area contributed by atoms with E-state index in [1.807, 2.05) is 0 Å². The van der Waals surface area contributed by atoms with Crippen LogP contribution in [0.25, 0.3) is 0 Å². The van der Waals surface area contributed by atoms with Crippen LogP contribution in [0.1, 0.15) is 22.3 Å². The van der Waals surface area contributed by atoms with Crippen LogP contribution in [-0.2, 0) is 0 Å². The summed E-state index contributed by atoms with van der Waals surface area (Å²) in [6.45, 7) is 0. The molecule has 0 aliphatic rings. The number of hydrogen-bond acceptors (Lipinski definition) is 3. The minimum atomic E-state index is 0.603. The lowest BCUT2D eigenvalue weighted by molar-refractivity contribution is 0.112. The van der Waals surface area contributed by atoms with Gasteiger partial charge in [0.05, 0.1) is 12.7 Å². The van der Waals surface area contributed by atoms with Crippen LogP contribution in [0.3, 0.4) is 0 Å². The lowest BCUT2D eigenvalue weighted by atomic mass is 10.1. The summed E-state index contributed by atoms with van der Waals surface area (Å²) in [6.07, 6.45) is 1.51. The zero-order chi connectivity index (χ0) is 11.1. The maximum absolute atomic E-state index is 10.6. The summed E-state index contributed by atoms with van der Waals surface area (Å²) in [4.78, 5) is 10.6. The standard InChI is InChI=1S/C12H12O2S/c1-14-12-6-5-10(9-13)8-11(12)4-2-3-7-15/h5-6,8-9,15H,3,7H2,1H3. The van der Waals surface area contributed by atoms with Gasteiger partial charge in [-0.25, -0.2) is 0 Å². The van der Waals surface area contributed by atoms with Crippen molar-refractivity contribution in [2.75, 3.05) is 12.9 Å². The molecule has 3 heteroatoms. The monoisotopic (exact) mass is 220 g/mol. The number of carbonyl (C=O) groups is 1. The topological polar surface area (TPSA) is 26.3 Å². The average molecular weight is 220 g/mol. The molecule has 0 unspecified atom stereocenters. The zero-order valence-electron chi connectivity index (χ0n) is 8.49. The van der Waals surface area contributed by atoms with Gasteiger partial charge in [-0.1, -0.05) is 11.8 Å². The SMILES string of the molecule is COc1ccc(C=O)cc1C#CCCS. The summed E-state index contributed by atoms with van der Waals surface area (Å²) in [5.74, 6) is 7.32. The summed E-state index contributed by atoms with van der Waals surface area (Å²) in [5.41, 5.74) is 1.34. The summed E-state index contributed by atoms with van der Waals surface area (Å²) in [5, 5.41) is 0. The van der Waals surface area contributed by atoms with Crippen molar-refractivity contribution in [3.05, 3.63) is 29.3 Å². The molecule has 0 heterocycles. The van der Waals surface area contributed by atoms with Crippen LogP contribution in [0.2, 0.25) is 0 Å². The molecule has 0 atom stereocenters. The van der Waals surface area contributed by atoms with E-state index in [4.69, 9.17) is 4.74 Å². The Balaban J connectivity index is 3.02. The first kappa shape index (κ1) is 11.7. The molecule has 0 aliphatic heterocycles. The van der Waals surface area contributed by atoms with E-state index in [-0.39, 0.29) is 0 Å². The first-order chi connectivity index (χ1) is 7.31. The number of benzene rings is 1. The molecule has 0 fully saturated rings. The van der Waals surface area contributed by atoms with Crippen LogP contribution in [0.15, 0.2) is 18.2 Å². The van der Waals surface area contributed by atoms with Crippen molar-refractivity contribution in [1.82, 2.24) is 0 Å². The fraction of sp³-hybridized carbons (Fsp3) is 0.250. The molecule has 0 aliphatic carbocycles. The summed E-state index contributed by atoms with van der Waals surface area (Å²) in [7, 11) is 1.58. The number of methoxy groups -OCH3 is 1. The Morgan fingerprint density at radius 1 is 1.53 bits per heavy atom. The Kier molecular flexibility index (Phi) is 4.79. The van der Waals surface area contributed by atoms with E-state index in [2.05, 4.69) is 24.5 Å². The highest BCUT2D eigenvalue weighted by molar-refractivity contribution is 7.80. The highest BCUT2D eigenvalue weighted by Crippen LogP contribution is 2.17. The molecule has 15 heavy (non-hydrogen) atoms. The maximum atomic E-state index is 10.6. The van der Waals surface area contributed by atoms with Gasteiger partial charge in [-0.15, -0.1) is 0 Å². The van der Waals surface area contributed by atoms with Gasteiger partial charge in [0.15, 0.2) is 0 Å². The Morgan fingerprint density at radius 3 is 2.93 bits per heavy atom. The molecule has 0 amide bonds. The fourth-order valence-corrected chi connectivity index (χ4v) is 1.22. The highest BCUT2D eigenvalue weighted by atomic mass is 32.1. The van der Waals surface area contributed by atoms with Crippen LogP contribution in [-0.4, -0.2) is 19.1 Å². The third-order valence-corrected chi connectivity index (χ3v) is 2.04. The van der Waals surface area contributed by atoms with Gasteiger partial charge < -0.3 is 4.74 Å². The highest BCUT2D eigenvalue weighted by Gasteiger charge is 2.00. The fourth-order valence-electron chi connectivity index (χ4n) is 1.11. The van der Waals surface area contributed by atoms with Crippen molar-refractivity contribution in [2.45, 2.75) is 6.42 Å². The first-order valence-electron chi connectivity index (χ1n) is 4.54. The normalized spacial score (nSPS) is 8.93. The van der Waals surface area contributed by atoms with Crippen LogP contribution >= 0.6 is 12.6 Å². The van der Waals surface area contributed by atoms with Gasteiger partial charge in [-0.3, -0.25) is 4.79 Å². The number of carbonyl (C=O) groups excluding carboxylic acids is 1. The second-order valence-corrected chi connectivity index (χ2v) is 3.30. The van der Waals surface area contributed by atoms with Crippen molar-refractivity contribution < 1.29 is 9.53 Å². The van der Waals surface area contributed by atoms with Crippen molar-refractivity contribution in [3.8, 4) is 17.6 Å². The van der Waals surface area contributed by atoms with E-state index in [0.717, 1.165) is 24.0 Å². The van der Waals surface area contributed by atoms with Gasteiger partial charge in [0, 0.05) is 17.7 Å². The molecule has 2 nitrogen and oxygen atoms in total. The van der Waals surface area contributed by atoms with Gasteiger partial charge in [0.1, 0.15) is 12.0 Å². The molecular formula is C12H12O2S. The van der Waals surface area contributed by atoms with E-state index in [1.54, 1.807) is 25.3 Å². The molecule has 1 aromatic carbocycles. The zero-order valence-corrected chi connectivity index (χ0v) is 9.38. The molecule has 0 spiro atoms. The van der Waals surface area contributed by atoms with Crippen molar-refractivity contribution in [1.29, 1.82) is 0 Å². The van der Waals surface area contributed by atoms with Crippen LogP contribution in [0.4, 0.5) is 0 Å². The van der Waals surface area contributed by atoms with Crippen LogP contribution < -0.4 is 4.74 Å². The largest absolute Gasteiger partial charge is 0.495 e. The number of ether oxygens (including phenoxy) is 1. The molecule has 0 aromatic heterocycles. The third-order valence-electron chi connectivity index (χ3n) is 1.82. The van der Waals surface area contributed by atoms with Crippen LogP contribution in [0.5, 0.6) is 5.75 Å². The molecule has 0 saturated heterocycles. The van der Waals surface area contributed by atoms with E-state index >= 15 is 0 Å². The van der Waals surface area contributed by atoms with Gasteiger partial charge in [0.2, 0.25) is 0 Å². The smallest absolute Gasteiger partial charge is 0.150 e. The van der Waals surface area contributed by atoms with Gasteiger partial charge in [0.25, 0.3) is 0 Å². The molecule has 0 saturated carbocycles. The van der Waals surface area contributed by atoms with Crippen molar-refractivity contribution in [3.63, 3.8) is 0 Å². The second kappa shape index (κ2) is 6.15. The number of hydrogen-bond donors (Lipinski definition) is 1. The van der Waals surface area contributed by atoms with E-state index in [9.17, 15) is 4.79 Å². The average Bonchev–Trinajstić information content (AvgIpc) is 2.29. The molecule has 0 N–H and O–H groups in total. The lowest BCUT2D eigenvalue weighted by Gasteiger charge is -2.02. The Labute approximate surface area is 95.1 Å². The Morgan fingerprint density at radius 2 is 2.33 bits per heavy atom. The molecule has 0 bridgehead atoms. The third kappa shape index (κ3) is 3.34. The first-order valence-corrected chi connectivity index (χ1v) is 5.18. The Bertz CT molecular complexity index is 402. The molecule has 78 valence electrons. The van der Waals surface area contributed by atoms with E-state index < -0.39 is 0 Å². The van der Waals surface area contributed by atoms with Gasteiger partial charge in [-0.2, -0.15) is 12.6 Å². The number of thiol groups is 1. The quantitative estimate of drug-likeness (QED) is 0.480. The molecule has 0 radical (unpaired) electrons. The summed E-state index contributed by atoms with van der Waals surface area (Å²) >= 11 is 4.06. The Hall–Kier alpha value is -1.40. The minimum Gasteiger partial charge on any atom is -0.495 e. The van der Waals surface area contributed by atoms with E-state index in [0.29, 0.717) is 11.3 Å². The molecular weight excluding hydrogens is 208 g/mol. The van der Waals surface area contributed by atoms with Crippen molar-refractivity contribution >= 4 is 18.9 Å². The maximum Gasteiger partial charge on any atom is 0.150 e.